The van der Waals surface area contributed by atoms with Gasteiger partial charge < -0.3 is 10.2 Å². The maximum absolute atomic E-state index is 12.4. The van der Waals surface area contributed by atoms with Crippen LogP contribution >= 0.6 is 0 Å². The summed E-state index contributed by atoms with van der Waals surface area (Å²) in [7, 11) is -3.60. The summed E-state index contributed by atoms with van der Waals surface area (Å²) >= 11 is 0. The van der Waals surface area contributed by atoms with Gasteiger partial charge in [-0.05, 0) is 56.7 Å². The third-order valence-corrected chi connectivity index (χ3v) is 5.51. The van der Waals surface area contributed by atoms with Crippen LogP contribution < -0.4 is 14.5 Å². The van der Waals surface area contributed by atoms with Crippen molar-refractivity contribution in [2.75, 3.05) is 40.4 Å². The van der Waals surface area contributed by atoms with Gasteiger partial charge in [-0.1, -0.05) is 18.2 Å². The van der Waals surface area contributed by atoms with Gasteiger partial charge >= 0.3 is 0 Å². The van der Waals surface area contributed by atoms with E-state index in [9.17, 15) is 13.2 Å². The van der Waals surface area contributed by atoms with E-state index in [0.717, 1.165) is 34.9 Å². The van der Waals surface area contributed by atoms with Crippen LogP contribution in [0.15, 0.2) is 48.5 Å². The lowest BCUT2D eigenvalue weighted by molar-refractivity contribution is -0.114. The number of hydrogen-bond acceptors (Lipinski definition) is 4. The Morgan fingerprint density at radius 1 is 0.963 bits per heavy atom. The van der Waals surface area contributed by atoms with Crippen LogP contribution in [0.1, 0.15) is 19.4 Å². The van der Waals surface area contributed by atoms with Crippen molar-refractivity contribution in [1.29, 1.82) is 0 Å². The van der Waals surface area contributed by atoms with Crippen molar-refractivity contribution in [3.63, 3.8) is 0 Å². The van der Waals surface area contributed by atoms with Crippen molar-refractivity contribution < 1.29 is 13.2 Å². The van der Waals surface area contributed by atoms with Gasteiger partial charge in [-0.3, -0.25) is 9.10 Å². The number of hydrogen-bond donors (Lipinski definition) is 1. The maximum Gasteiger partial charge on any atom is 0.245 e. The Morgan fingerprint density at radius 2 is 1.52 bits per heavy atom. The highest BCUT2D eigenvalue weighted by molar-refractivity contribution is 7.92. The number of rotatable bonds is 8. The first-order valence-corrected chi connectivity index (χ1v) is 10.8. The Morgan fingerprint density at radius 3 is 2.04 bits per heavy atom. The number of para-hydroxylation sites is 1. The minimum Gasteiger partial charge on any atom is -0.372 e. The smallest absolute Gasteiger partial charge is 0.245 e. The summed E-state index contributed by atoms with van der Waals surface area (Å²) < 4.78 is 25.6. The van der Waals surface area contributed by atoms with E-state index in [1.807, 2.05) is 37.3 Å². The molecule has 0 radical (unpaired) electrons. The summed E-state index contributed by atoms with van der Waals surface area (Å²) in [4.78, 5) is 14.6. The Balaban J connectivity index is 2.21. The first-order valence-electron chi connectivity index (χ1n) is 8.94. The molecule has 0 fully saturated rings. The zero-order chi connectivity index (χ0) is 20.0. The van der Waals surface area contributed by atoms with E-state index in [2.05, 4.69) is 24.1 Å². The van der Waals surface area contributed by atoms with E-state index in [1.165, 1.54) is 0 Å². The molecule has 0 aliphatic heterocycles. The number of sulfonamides is 1. The molecule has 0 saturated heterocycles. The van der Waals surface area contributed by atoms with Crippen LogP contribution in [0.4, 0.5) is 17.1 Å². The number of nitrogens with one attached hydrogen (secondary N) is 1. The summed E-state index contributed by atoms with van der Waals surface area (Å²) in [6.07, 6.45) is 1.10. The fourth-order valence-corrected chi connectivity index (χ4v) is 3.71. The molecule has 2 aromatic rings. The summed E-state index contributed by atoms with van der Waals surface area (Å²) in [6.45, 7) is 7.47. The standard InChI is InChI=1S/C20H27N3O3S/c1-5-22(6-2)17-11-13-18(14-12-17)23(27(4,25)26)15-20(24)21-19-10-8-7-9-16(19)3/h7-14H,5-6,15H2,1-4H3,(H,21,24). The average Bonchev–Trinajstić information content (AvgIpc) is 2.62. The molecule has 0 aliphatic rings. The second-order valence-electron chi connectivity index (χ2n) is 6.32. The maximum atomic E-state index is 12.4. The molecule has 6 nitrogen and oxygen atoms in total. The Bertz CT molecular complexity index is 876. The van der Waals surface area contributed by atoms with Crippen molar-refractivity contribution in [1.82, 2.24) is 0 Å². The molecule has 0 atom stereocenters. The van der Waals surface area contributed by atoms with Crippen molar-refractivity contribution in [3.8, 4) is 0 Å². The molecule has 0 saturated carbocycles. The van der Waals surface area contributed by atoms with Gasteiger partial charge in [-0.25, -0.2) is 8.42 Å². The third-order valence-electron chi connectivity index (χ3n) is 4.37. The number of anilines is 3. The predicted octanol–water partition coefficient (Wildman–Crippen LogP) is 3.25. The molecule has 0 aliphatic carbocycles. The van der Waals surface area contributed by atoms with Crippen LogP contribution in [-0.4, -0.2) is 40.2 Å². The Labute approximate surface area is 161 Å². The highest BCUT2D eigenvalue weighted by Crippen LogP contribution is 2.23. The Hall–Kier alpha value is -2.54. The lowest BCUT2D eigenvalue weighted by Gasteiger charge is -2.24. The normalized spacial score (nSPS) is 11.1. The number of carbonyl (C=O) groups excluding carboxylic acids is 1. The molecule has 0 spiro atoms. The van der Waals surface area contributed by atoms with Gasteiger partial charge in [0, 0.05) is 24.5 Å². The Kier molecular flexibility index (Phi) is 6.85. The van der Waals surface area contributed by atoms with Gasteiger partial charge in [0.2, 0.25) is 15.9 Å². The average molecular weight is 390 g/mol. The molecule has 146 valence electrons. The van der Waals surface area contributed by atoms with Crippen molar-refractivity contribution in [2.24, 2.45) is 0 Å². The SMILES string of the molecule is CCN(CC)c1ccc(N(CC(=O)Nc2ccccc2C)S(C)(=O)=O)cc1. The summed E-state index contributed by atoms with van der Waals surface area (Å²) in [5.74, 6) is -0.387. The highest BCUT2D eigenvalue weighted by Gasteiger charge is 2.21. The van der Waals surface area contributed by atoms with Crippen LogP contribution in [0.2, 0.25) is 0 Å². The molecule has 1 amide bonds. The largest absolute Gasteiger partial charge is 0.372 e. The molecule has 1 N–H and O–H groups in total. The van der Waals surface area contributed by atoms with Gasteiger partial charge in [0.25, 0.3) is 0 Å². The van der Waals surface area contributed by atoms with Gasteiger partial charge in [-0.2, -0.15) is 0 Å². The molecule has 2 aromatic carbocycles. The molecule has 0 heterocycles. The first-order chi connectivity index (χ1) is 12.8. The number of carbonyl (C=O) groups is 1. The van der Waals surface area contributed by atoms with Crippen LogP contribution in [0.3, 0.4) is 0 Å². The third kappa shape index (κ3) is 5.47. The van der Waals surface area contributed by atoms with Gasteiger partial charge in [0.15, 0.2) is 0 Å². The fourth-order valence-electron chi connectivity index (χ4n) is 2.85. The monoisotopic (exact) mass is 389 g/mol. The van der Waals surface area contributed by atoms with E-state index in [-0.39, 0.29) is 12.5 Å². The highest BCUT2D eigenvalue weighted by atomic mass is 32.2. The first kappa shape index (κ1) is 20.8. The molecular weight excluding hydrogens is 362 g/mol. The van der Waals surface area contributed by atoms with Gasteiger partial charge in [0.1, 0.15) is 6.54 Å². The van der Waals surface area contributed by atoms with Crippen LogP contribution in [0.25, 0.3) is 0 Å². The molecular formula is C20H27N3O3S. The topological polar surface area (TPSA) is 69.7 Å². The minimum absolute atomic E-state index is 0.280. The minimum atomic E-state index is -3.60. The van der Waals surface area contributed by atoms with Crippen LogP contribution in [0, 0.1) is 6.92 Å². The molecule has 0 bridgehead atoms. The molecule has 7 heteroatoms. The van der Waals surface area contributed by atoms with E-state index in [4.69, 9.17) is 0 Å². The molecule has 0 unspecified atom stereocenters. The fraction of sp³-hybridized carbons (Fsp3) is 0.350. The summed E-state index contributed by atoms with van der Waals surface area (Å²) in [5, 5.41) is 2.78. The second-order valence-corrected chi connectivity index (χ2v) is 8.23. The van der Waals surface area contributed by atoms with E-state index in [1.54, 1.807) is 18.2 Å². The molecule has 0 aromatic heterocycles. The summed E-state index contributed by atoms with van der Waals surface area (Å²) in [6, 6.07) is 14.6. The van der Waals surface area contributed by atoms with Crippen LogP contribution in [0.5, 0.6) is 0 Å². The lowest BCUT2D eigenvalue weighted by Crippen LogP contribution is -2.37. The van der Waals surface area contributed by atoms with Crippen LogP contribution in [-0.2, 0) is 14.8 Å². The molecule has 27 heavy (non-hydrogen) atoms. The second kappa shape index (κ2) is 8.90. The van der Waals surface area contributed by atoms with Crippen molar-refractivity contribution in [2.45, 2.75) is 20.8 Å². The van der Waals surface area contributed by atoms with Crippen molar-refractivity contribution in [3.05, 3.63) is 54.1 Å². The predicted molar refractivity (Wildman–Crippen MR) is 112 cm³/mol. The number of aryl methyl sites for hydroxylation is 1. The zero-order valence-electron chi connectivity index (χ0n) is 16.3. The quantitative estimate of drug-likeness (QED) is 0.752. The molecule has 2 rings (SSSR count). The van der Waals surface area contributed by atoms with E-state index in [0.29, 0.717) is 11.4 Å². The summed E-state index contributed by atoms with van der Waals surface area (Å²) in [5.41, 5.74) is 3.07. The number of benzene rings is 2. The number of nitrogens with zero attached hydrogens (tertiary/aromatic N) is 2. The van der Waals surface area contributed by atoms with E-state index >= 15 is 0 Å². The van der Waals surface area contributed by atoms with Gasteiger partial charge in [0.05, 0.1) is 11.9 Å². The van der Waals surface area contributed by atoms with Gasteiger partial charge in [-0.15, -0.1) is 0 Å². The lowest BCUT2D eigenvalue weighted by atomic mass is 10.2. The number of amides is 1. The van der Waals surface area contributed by atoms with Crippen molar-refractivity contribution >= 4 is 33.0 Å². The zero-order valence-corrected chi connectivity index (χ0v) is 17.1. The van der Waals surface area contributed by atoms with E-state index < -0.39 is 10.0 Å².